The van der Waals surface area contributed by atoms with E-state index >= 15 is 0 Å². The van der Waals surface area contributed by atoms with Crippen molar-refractivity contribution in [3.05, 3.63) is 75.9 Å². The average Bonchev–Trinajstić information content (AvgIpc) is 3.29. The van der Waals surface area contributed by atoms with Gasteiger partial charge in [0.15, 0.2) is 0 Å². The van der Waals surface area contributed by atoms with Gasteiger partial charge in [0.2, 0.25) is 5.91 Å². The minimum absolute atomic E-state index is 0.265. The number of nitrogens with zero attached hydrogens (tertiary/aromatic N) is 3. The molecule has 5 rings (SSSR count). The van der Waals surface area contributed by atoms with Crippen LogP contribution in [0.25, 0.3) is 11.3 Å². The number of hydrogen-bond donors (Lipinski definition) is 1. The lowest BCUT2D eigenvalue weighted by Gasteiger charge is -2.28. The smallest absolute Gasteiger partial charge is 0.262 e. The van der Waals surface area contributed by atoms with Crippen molar-refractivity contribution in [2.45, 2.75) is 13.0 Å². The maximum absolute atomic E-state index is 13.0. The van der Waals surface area contributed by atoms with E-state index in [0.717, 1.165) is 27.4 Å². The number of hydrogen-bond acceptors (Lipinski definition) is 4. The van der Waals surface area contributed by atoms with Crippen molar-refractivity contribution in [3.8, 4) is 11.3 Å². The van der Waals surface area contributed by atoms with E-state index in [2.05, 4.69) is 10.2 Å². The topological polar surface area (TPSA) is 86.4 Å². The standard InChI is InChI=1S/C22H17ClN4O3/c23-14-7-5-13(6-8-14)20-17-11-26(10-9-18(17)24-25-20)19(28)12-27-21(29)15-3-1-2-4-16(15)22(27)30/h1-8H,9-12H2,(H,24,25). The first-order valence-electron chi connectivity index (χ1n) is 9.58. The highest BCUT2D eigenvalue weighted by atomic mass is 35.5. The van der Waals surface area contributed by atoms with Gasteiger partial charge in [-0.15, -0.1) is 0 Å². The summed E-state index contributed by atoms with van der Waals surface area (Å²) in [5.74, 6) is -1.11. The zero-order valence-corrected chi connectivity index (χ0v) is 16.6. The first-order chi connectivity index (χ1) is 14.5. The highest BCUT2D eigenvalue weighted by molar-refractivity contribution is 6.30. The van der Waals surface area contributed by atoms with Gasteiger partial charge in [0.1, 0.15) is 6.54 Å². The number of amides is 3. The number of benzene rings is 2. The minimum Gasteiger partial charge on any atom is -0.336 e. The van der Waals surface area contributed by atoms with E-state index in [9.17, 15) is 14.4 Å². The number of imide groups is 1. The third-order valence-corrected chi connectivity index (χ3v) is 5.83. The number of rotatable bonds is 3. The Balaban J connectivity index is 1.35. The number of nitrogens with one attached hydrogen (secondary N) is 1. The van der Waals surface area contributed by atoms with Gasteiger partial charge in [0.05, 0.1) is 16.8 Å². The summed E-state index contributed by atoms with van der Waals surface area (Å²) in [5.41, 5.74) is 4.31. The lowest BCUT2D eigenvalue weighted by molar-refractivity contribution is -0.132. The Labute approximate surface area is 177 Å². The average molecular weight is 421 g/mol. The van der Waals surface area contributed by atoms with Crippen molar-refractivity contribution >= 4 is 29.3 Å². The van der Waals surface area contributed by atoms with Gasteiger partial charge in [-0.05, 0) is 24.3 Å². The Hall–Kier alpha value is -3.45. The molecule has 1 aromatic heterocycles. The molecular weight excluding hydrogens is 404 g/mol. The van der Waals surface area contributed by atoms with E-state index in [4.69, 9.17) is 11.6 Å². The van der Waals surface area contributed by atoms with Gasteiger partial charge in [-0.2, -0.15) is 5.10 Å². The molecule has 30 heavy (non-hydrogen) atoms. The van der Waals surface area contributed by atoms with Crippen molar-refractivity contribution in [1.82, 2.24) is 20.0 Å². The molecule has 0 saturated heterocycles. The van der Waals surface area contributed by atoms with Gasteiger partial charge >= 0.3 is 0 Å². The first kappa shape index (κ1) is 18.6. The number of H-pyrrole nitrogens is 1. The molecule has 0 aliphatic carbocycles. The van der Waals surface area contributed by atoms with E-state index in [1.54, 1.807) is 41.3 Å². The van der Waals surface area contributed by atoms with Gasteiger partial charge < -0.3 is 4.90 Å². The molecule has 2 aliphatic rings. The number of aromatic nitrogens is 2. The monoisotopic (exact) mass is 420 g/mol. The van der Waals surface area contributed by atoms with Crippen molar-refractivity contribution in [3.63, 3.8) is 0 Å². The van der Waals surface area contributed by atoms with E-state index in [1.165, 1.54) is 0 Å². The molecule has 0 unspecified atom stereocenters. The summed E-state index contributed by atoms with van der Waals surface area (Å²) in [6.07, 6.45) is 0.629. The molecule has 0 atom stereocenters. The molecule has 0 spiro atoms. The number of halogens is 1. The van der Waals surface area contributed by atoms with Crippen LogP contribution in [0.15, 0.2) is 48.5 Å². The predicted octanol–water partition coefficient (Wildman–Crippen LogP) is 2.91. The maximum Gasteiger partial charge on any atom is 0.262 e. The predicted molar refractivity (Wildman–Crippen MR) is 110 cm³/mol. The van der Waals surface area contributed by atoms with Gasteiger partial charge in [0, 0.05) is 41.4 Å². The van der Waals surface area contributed by atoms with E-state index in [-0.39, 0.29) is 12.5 Å². The molecule has 0 saturated carbocycles. The summed E-state index contributed by atoms with van der Waals surface area (Å²) in [5, 5.41) is 8.12. The zero-order chi connectivity index (χ0) is 20.8. The quantitative estimate of drug-likeness (QED) is 0.660. The second-order valence-electron chi connectivity index (χ2n) is 7.34. The number of aromatic amines is 1. The van der Waals surface area contributed by atoms with Crippen LogP contribution in [0.4, 0.5) is 0 Å². The van der Waals surface area contributed by atoms with Crippen molar-refractivity contribution in [1.29, 1.82) is 0 Å². The van der Waals surface area contributed by atoms with Crippen LogP contribution in [0, 0.1) is 0 Å². The summed E-state index contributed by atoms with van der Waals surface area (Å²) in [4.78, 5) is 40.8. The molecule has 1 N–H and O–H groups in total. The fourth-order valence-corrected chi connectivity index (χ4v) is 4.10. The number of fused-ring (bicyclic) bond motifs is 2. The van der Waals surface area contributed by atoms with Crippen molar-refractivity contribution in [2.24, 2.45) is 0 Å². The van der Waals surface area contributed by atoms with Crippen molar-refractivity contribution < 1.29 is 14.4 Å². The Kier molecular flexibility index (Phi) is 4.40. The Morgan fingerprint density at radius 2 is 1.70 bits per heavy atom. The highest BCUT2D eigenvalue weighted by Gasteiger charge is 2.37. The van der Waals surface area contributed by atoms with Crippen LogP contribution in [-0.4, -0.2) is 50.8 Å². The second-order valence-corrected chi connectivity index (χ2v) is 7.78. The van der Waals surface area contributed by atoms with Crippen LogP contribution in [0.5, 0.6) is 0 Å². The Bertz CT molecular complexity index is 1150. The van der Waals surface area contributed by atoms with Gasteiger partial charge in [-0.3, -0.25) is 24.4 Å². The largest absolute Gasteiger partial charge is 0.336 e. The lowest BCUT2D eigenvalue weighted by Crippen LogP contribution is -2.44. The first-order valence-corrected chi connectivity index (χ1v) is 9.96. The highest BCUT2D eigenvalue weighted by Crippen LogP contribution is 2.29. The molecule has 8 heteroatoms. The lowest BCUT2D eigenvalue weighted by atomic mass is 10.0. The molecule has 3 amide bonds. The summed E-state index contributed by atoms with van der Waals surface area (Å²) in [6, 6.07) is 14.0. The summed E-state index contributed by atoms with van der Waals surface area (Å²) in [7, 11) is 0. The Morgan fingerprint density at radius 3 is 2.37 bits per heavy atom. The van der Waals surface area contributed by atoms with E-state index < -0.39 is 11.8 Å². The fourth-order valence-electron chi connectivity index (χ4n) is 3.97. The zero-order valence-electron chi connectivity index (χ0n) is 15.9. The third kappa shape index (κ3) is 2.98. The fraction of sp³-hybridized carbons (Fsp3) is 0.182. The summed E-state index contributed by atoms with van der Waals surface area (Å²) >= 11 is 5.98. The van der Waals surface area contributed by atoms with Crippen LogP contribution in [0.3, 0.4) is 0 Å². The molecule has 3 aromatic rings. The van der Waals surface area contributed by atoms with Crippen LogP contribution < -0.4 is 0 Å². The SMILES string of the molecule is O=C(CN1C(=O)c2ccccc2C1=O)N1CCc2[nH]nc(-c3ccc(Cl)cc3)c2C1. The molecule has 2 aliphatic heterocycles. The van der Waals surface area contributed by atoms with Gasteiger partial charge in [-0.25, -0.2) is 0 Å². The maximum atomic E-state index is 13.0. The van der Waals surface area contributed by atoms with Crippen LogP contribution in [-0.2, 0) is 17.8 Å². The van der Waals surface area contributed by atoms with Crippen LogP contribution in [0.1, 0.15) is 32.0 Å². The molecule has 150 valence electrons. The molecule has 2 aromatic carbocycles. The van der Waals surface area contributed by atoms with Gasteiger partial charge in [0.25, 0.3) is 11.8 Å². The second kappa shape index (κ2) is 7.11. The van der Waals surface area contributed by atoms with E-state index in [1.807, 2.05) is 12.1 Å². The molecular formula is C22H17ClN4O3. The molecule has 0 radical (unpaired) electrons. The third-order valence-electron chi connectivity index (χ3n) is 5.58. The molecule has 0 bridgehead atoms. The van der Waals surface area contributed by atoms with Gasteiger partial charge in [-0.1, -0.05) is 35.9 Å². The Morgan fingerprint density at radius 1 is 1.03 bits per heavy atom. The van der Waals surface area contributed by atoms with Crippen LogP contribution >= 0.6 is 11.6 Å². The molecule has 7 nitrogen and oxygen atoms in total. The summed E-state index contributed by atoms with van der Waals surface area (Å²) < 4.78 is 0. The van der Waals surface area contributed by atoms with E-state index in [0.29, 0.717) is 35.7 Å². The number of carbonyl (C=O) groups excluding carboxylic acids is 3. The normalized spacial score (nSPS) is 15.4. The minimum atomic E-state index is -0.424. The number of carbonyl (C=O) groups is 3. The summed E-state index contributed by atoms with van der Waals surface area (Å²) in [6.45, 7) is 0.596. The van der Waals surface area contributed by atoms with Crippen molar-refractivity contribution in [2.75, 3.05) is 13.1 Å². The van der Waals surface area contributed by atoms with Crippen LogP contribution in [0.2, 0.25) is 5.02 Å². The molecule has 0 fully saturated rings. The molecule has 3 heterocycles.